The second-order valence-corrected chi connectivity index (χ2v) is 5.21. The number of ether oxygens (including phenoxy) is 1. The van der Waals surface area contributed by atoms with Crippen molar-refractivity contribution in [1.82, 2.24) is 4.90 Å². The summed E-state index contributed by atoms with van der Waals surface area (Å²) in [6, 6.07) is 0. The van der Waals surface area contributed by atoms with Crippen LogP contribution in [0.2, 0.25) is 0 Å². The molecule has 1 unspecified atom stereocenters. The summed E-state index contributed by atoms with van der Waals surface area (Å²) in [6.07, 6.45) is 8.48. The molecule has 2 rings (SSSR count). The van der Waals surface area contributed by atoms with Gasteiger partial charge in [-0.25, -0.2) is 4.79 Å². The highest BCUT2D eigenvalue weighted by Crippen LogP contribution is 2.23. The van der Waals surface area contributed by atoms with E-state index in [1.807, 2.05) is 4.90 Å². The van der Waals surface area contributed by atoms with Gasteiger partial charge in [-0.2, -0.15) is 0 Å². The molecule has 1 aliphatic heterocycles. The van der Waals surface area contributed by atoms with Gasteiger partial charge < -0.3 is 14.7 Å². The lowest BCUT2D eigenvalue weighted by atomic mass is 9.92. The molecule has 0 aromatic heterocycles. The van der Waals surface area contributed by atoms with Crippen LogP contribution in [0.15, 0.2) is 12.2 Å². The summed E-state index contributed by atoms with van der Waals surface area (Å²) in [5, 5.41) is 8.56. The molecule has 19 heavy (non-hydrogen) atoms. The molecular formula is C14H21NO4. The fraction of sp³-hybridized carbons (Fsp3) is 0.714. The summed E-state index contributed by atoms with van der Waals surface area (Å²) >= 11 is 0. The van der Waals surface area contributed by atoms with Crippen LogP contribution in [0.4, 0.5) is 0 Å². The first kappa shape index (κ1) is 14.1. The molecule has 0 aromatic carbocycles. The summed E-state index contributed by atoms with van der Waals surface area (Å²) in [7, 11) is 0. The number of hydrogen-bond acceptors (Lipinski definition) is 3. The Kier molecular flexibility index (Phi) is 4.96. The van der Waals surface area contributed by atoms with Crippen molar-refractivity contribution in [3.63, 3.8) is 0 Å². The van der Waals surface area contributed by atoms with Gasteiger partial charge in [0.25, 0.3) is 0 Å². The summed E-state index contributed by atoms with van der Waals surface area (Å²) < 4.78 is 5.27. The van der Waals surface area contributed by atoms with E-state index in [1.54, 1.807) is 0 Å². The van der Waals surface area contributed by atoms with Crippen molar-refractivity contribution in [3.05, 3.63) is 12.2 Å². The van der Waals surface area contributed by atoms with Crippen LogP contribution in [0.1, 0.15) is 32.1 Å². The maximum Gasteiger partial charge on any atom is 0.329 e. The predicted octanol–water partition coefficient (Wildman–Crippen LogP) is 1.43. The molecule has 1 aliphatic carbocycles. The Morgan fingerprint density at radius 2 is 1.95 bits per heavy atom. The van der Waals surface area contributed by atoms with Gasteiger partial charge >= 0.3 is 5.97 Å². The zero-order valence-corrected chi connectivity index (χ0v) is 11.1. The van der Waals surface area contributed by atoms with Gasteiger partial charge in [0.1, 0.15) is 6.61 Å². The third-order valence-corrected chi connectivity index (χ3v) is 3.81. The standard InChI is InChI=1S/C14H21NO4/c16-13(17)10-19-12-6-8-15(9-7-12)14(18)11-4-2-1-3-5-11/h1-2,11-12H,3-10H2,(H,16,17). The van der Waals surface area contributed by atoms with Crippen LogP contribution in [-0.4, -0.2) is 47.7 Å². The van der Waals surface area contributed by atoms with Crippen molar-refractivity contribution in [2.24, 2.45) is 5.92 Å². The molecule has 0 aromatic rings. The number of piperidine rings is 1. The van der Waals surface area contributed by atoms with E-state index in [9.17, 15) is 9.59 Å². The molecule has 1 N–H and O–H groups in total. The molecule has 0 saturated carbocycles. The molecule has 106 valence electrons. The number of nitrogens with zero attached hydrogens (tertiary/aromatic N) is 1. The lowest BCUT2D eigenvalue weighted by Gasteiger charge is -2.34. The van der Waals surface area contributed by atoms with E-state index in [4.69, 9.17) is 9.84 Å². The van der Waals surface area contributed by atoms with Crippen LogP contribution >= 0.6 is 0 Å². The molecule has 1 atom stereocenters. The quantitative estimate of drug-likeness (QED) is 0.783. The van der Waals surface area contributed by atoms with Gasteiger partial charge in [0.15, 0.2) is 0 Å². The van der Waals surface area contributed by atoms with Gasteiger partial charge in [-0.05, 0) is 32.1 Å². The number of rotatable bonds is 4. The number of carbonyl (C=O) groups is 2. The van der Waals surface area contributed by atoms with Crippen molar-refractivity contribution in [1.29, 1.82) is 0 Å². The maximum atomic E-state index is 12.3. The van der Waals surface area contributed by atoms with Crippen molar-refractivity contribution < 1.29 is 19.4 Å². The smallest absolute Gasteiger partial charge is 0.329 e. The van der Waals surface area contributed by atoms with E-state index in [-0.39, 0.29) is 24.5 Å². The molecule has 1 heterocycles. The fourth-order valence-corrected chi connectivity index (χ4v) is 2.71. The zero-order valence-electron chi connectivity index (χ0n) is 11.1. The molecule has 0 bridgehead atoms. The number of aliphatic carboxylic acids is 1. The van der Waals surface area contributed by atoms with Gasteiger partial charge in [-0.1, -0.05) is 12.2 Å². The lowest BCUT2D eigenvalue weighted by molar-refractivity contribution is -0.147. The average Bonchev–Trinajstić information content (AvgIpc) is 2.46. The van der Waals surface area contributed by atoms with Crippen LogP contribution in [-0.2, 0) is 14.3 Å². The molecule has 0 radical (unpaired) electrons. The van der Waals surface area contributed by atoms with Crippen LogP contribution in [0.3, 0.4) is 0 Å². The Labute approximate surface area is 113 Å². The molecule has 0 spiro atoms. The first-order chi connectivity index (χ1) is 9.16. The van der Waals surface area contributed by atoms with Crippen molar-refractivity contribution in [3.8, 4) is 0 Å². The second kappa shape index (κ2) is 6.70. The van der Waals surface area contributed by atoms with Crippen molar-refractivity contribution in [2.45, 2.75) is 38.2 Å². The van der Waals surface area contributed by atoms with Crippen LogP contribution in [0.25, 0.3) is 0 Å². The van der Waals surface area contributed by atoms with Crippen molar-refractivity contribution >= 4 is 11.9 Å². The van der Waals surface area contributed by atoms with Gasteiger partial charge in [0.05, 0.1) is 6.10 Å². The topological polar surface area (TPSA) is 66.8 Å². The van der Waals surface area contributed by atoms with E-state index >= 15 is 0 Å². The summed E-state index contributed by atoms with van der Waals surface area (Å²) in [6.45, 7) is 1.12. The fourth-order valence-electron chi connectivity index (χ4n) is 2.71. The number of likely N-dealkylation sites (tertiary alicyclic amines) is 1. The molecule has 5 heteroatoms. The number of amides is 1. The highest BCUT2D eigenvalue weighted by molar-refractivity contribution is 5.79. The molecular weight excluding hydrogens is 246 g/mol. The van der Waals surface area contributed by atoms with E-state index in [0.29, 0.717) is 13.1 Å². The van der Waals surface area contributed by atoms with Gasteiger partial charge in [0.2, 0.25) is 5.91 Å². The number of allylic oxidation sites excluding steroid dienone is 2. The number of hydrogen-bond donors (Lipinski definition) is 1. The Bertz CT molecular complexity index is 358. The number of carbonyl (C=O) groups excluding carboxylic acids is 1. The Morgan fingerprint density at radius 3 is 2.53 bits per heavy atom. The minimum absolute atomic E-state index is 0.0219. The molecule has 2 aliphatic rings. The average molecular weight is 267 g/mol. The van der Waals surface area contributed by atoms with Crippen LogP contribution in [0.5, 0.6) is 0 Å². The first-order valence-electron chi connectivity index (χ1n) is 6.94. The Hall–Kier alpha value is -1.36. The molecule has 1 saturated heterocycles. The van der Waals surface area contributed by atoms with E-state index < -0.39 is 5.97 Å². The molecule has 1 fully saturated rings. The van der Waals surface area contributed by atoms with E-state index in [0.717, 1.165) is 32.1 Å². The summed E-state index contributed by atoms with van der Waals surface area (Å²) in [4.78, 5) is 24.6. The van der Waals surface area contributed by atoms with Gasteiger partial charge in [-0.15, -0.1) is 0 Å². The normalized spacial score (nSPS) is 24.4. The van der Waals surface area contributed by atoms with Crippen molar-refractivity contribution in [2.75, 3.05) is 19.7 Å². The molecule has 1 amide bonds. The number of carboxylic acids is 1. The third-order valence-electron chi connectivity index (χ3n) is 3.81. The van der Waals surface area contributed by atoms with Gasteiger partial charge in [0, 0.05) is 19.0 Å². The van der Waals surface area contributed by atoms with E-state index in [2.05, 4.69) is 12.2 Å². The highest BCUT2D eigenvalue weighted by Gasteiger charge is 2.28. The van der Waals surface area contributed by atoms with Crippen LogP contribution in [0, 0.1) is 5.92 Å². The minimum Gasteiger partial charge on any atom is -0.480 e. The van der Waals surface area contributed by atoms with Crippen LogP contribution < -0.4 is 0 Å². The molecule has 5 nitrogen and oxygen atoms in total. The Morgan fingerprint density at radius 1 is 1.21 bits per heavy atom. The first-order valence-corrected chi connectivity index (χ1v) is 6.94. The number of carboxylic acid groups (broad SMARTS) is 1. The largest absolute Gasteiger partial charge is 0.480 e. The monoisotopic (exact) mass is 267 g/mol. The zero-order chi connectivity index (χ0) is 13.7. The highest BCUT2D eigenvalue weighted by atomic mass is 16.5. The third kappa shape index (κ3) is 4.06. The lowest BCUT2D eigenvalue weighted by Crippen LogP contribution is -2.44. The Balaban J connectivity index is 1.74. The van der Waals surface area contributed by atoms with Gasteiger partial charge in [-0.3, -0.25) is 4.79 Å². The maximum absolute atomic E-state index is 12.3. The predicted molar refractivity (Wildman–Crippen MR) is 69.7 cm³/mol. The van der Waals surface area contributed by atoms with E-state index in [1.165, 1.54) is 0 Å². The SMILES string of the molecule is O=C(O)COC1CCN(C(=O)C2CC=CCC2)CC1. The second-order valence-electron chi connectivity index (χ2n) is 5.21. The summed E-state index contributed by atoms with van der Waals surface area (Å²) in [5.74, 6) is -0.546. The summed E-state index contributed by atoms with van der Waals surface area (Å²) in [5.41, 5.74) is 0. The minimum atomic E-state index is -0.938.